The zero-order valence-electron chi connectivity index (χ0n) is 17.5. The summed E-state index contributed by atoms with van der Waals surface area (Å²) in [6.07, 6.45) is 21.8. The molecule has 0 aliphatic rings. The number of allylic oxidation sites excluding steroid dienone is 2. The van der Waals surface area contributed by atoms with E-state index < -0.39 is 0 Å². The van der Waals surface area contributed by atoms with E-state index in [0.29, 0.717) is 26.2 Å². The van der Waals surface area contributed by atoms with Crippen molar-refractivity contribution in [1.82, 2.24) is 4.90 Å². The number of carbonyl (C=O) groups is 1. The maximum absolute atomic E-state index is 11.6. The molecule has 4 nitrogen and oxygen atoms in total. The van der Waals surface area contributed by atoms with Crippen molar-refractivity contribution in [3.8, 4) is 0 Å². The van der Waals surface area contributed by atoms with Crippen molar-refractivity contribution in [2.45, 2.75) is 96.8 Å². The fourth-order valence-electron chi connectivity index (χ4n) is 2.82. The molecule has 2 N–H and O–H groups in total. The number of likely N-dealkylation sites (N-methyl/N-ethyl adjacent to an activating group) is 1. The van der Waals surface area contributed by atoms with Gasteiger partial charge in [-0.2, -0.15) is 0 Å². The highest BCUT2D eigenvalue weighted by atomic mass is 16.5. The Hall–Kier alpha value is -0.870. The van der Waals surface area contributed by atoms with E-state index in [1.54, 1.807) is 0 Å². The molecule has 0 heterocycles. The molecule has 0 rings (SSSR count). The lowest BCUT2D eigenvalue weighted by molar-refractivity contribution is -0.144. The molecule has 0 atom stereocenters. The van der Waals surface area contributed by atoms with Crippen LogP contribution in [0.25, 0.3) is 0 Å². The molecule has 0 saturated carbocycles. The van der Waals surface area contributed by atoms with E-state index in [2.05, 4.69) is 19.1 Å². The second-order valence-corrected chi connectivity index (χ2v) is 7.32. The number of esters is 1. The molecular weight excluding hydrogens is 324 g/mol. The van der Waals surface area contributed by atoms with Crippen molar-refractivity contribution in [2.24, 2.45) is 5.73 Å². The highest BCUT2D eigenvalue weighted by Crippen LogP contribution is 2.10. The Balaban J connectivity index is 3.23. The largest absolute Gasteiger partial charge is 0.464 e. The standard InChI is InChI=1S/C22H44N2O2/c1-3-4-5-6-7-8-9-10-11-12-13-14-15-16-17-18-22(25)26-20-19-24(2)21-23/h10-11H,3-9,12-21,23H2,1-2H3/b11-10-. The van der Waals surface area contributed by atoms with E-state index in [1.165, 1.54) is 70.6 Å². The van der Waals surface area contributed by atoms with Crippen LogP contribution in [0.15, 0.2) is 12.2 Å². The van der Waals surface area contributed by atoms with Gasteiger partial charge in [0.1, 0.15) is 6.61 Å². The van der Waals surface area contributed by atoms with Gasteiger partial charge < -0.3 is 10.5 Å². The van der Waals surface area contributed by atoms with E-state index in [9.17, 15) is 4.79 Å². The quantitative estimate of drug-likeness (QED) is 0.143. The summed E-state index contributed by atoms with van der Waals surface area (Å²) in [6.45, 7) is 3.90. The summed E-state index contributed by atoms with van der Waals surface area (Å²) >= 11 is 0. The molecule has 0 fully saturated rings. The third-order valence-corrected chi connectivity index (χ3v) is 4.69. The third kappa shape index (κ3) is 19.5. The Kier molecular flexibility index (Phi) is 19.8. The number of rotatable bonds is 19. The fraction of sp³-hybridized carbons (Fsp3) is 0.864. The van der Waals surface area contributed by atoms with Crippen molar-refractivity contribution < 1.29 is 9.53 Å². The minimum absolute atomic E-state index is 0.0759. The molecule has 0 amide bonds. The summed E-state index contributed by atoms with van der Waals surface area (Å²) in [7, 11) is 1.91. The summed E-state index contributed by atoms with van der Waals surface area (Å²) in [6, 6.07) is 0. The Bertz CT molecular complexity index is 332. The van der Waals surface area contributed by atoms with Crippen molar-refractivity contribution in [2.75, 3.05) is 26.9 Å². The average Bonchev–Trinajstić information content (AvgIpc) is 2.64. The predicted octanol–water partition coefficient (Wildman–Crippen LogP) is 5.42. The first-order chi connectivity index (χ1) is 12.7. The Morgan fingerprint density at radius 2 is 1.42 bits per heavy atom. The molecule has 0 radical (unpaired) electrons. The highest BCUT2D eigenvalue weighted by Gasteiger charge is 2.03. The molecule has 0 aromatic heterocycles. The molecule has 0 bridgehead atoms. The first-order valence-corrected chi connectivity index (χ1v) is 10.9. The van der Waals surface area contributed by atoms with Gasteiger partial charge in [0, 0.05) is 19.6 Å². The maximum atomic E-state index is 11.6. The topological polar surface area (TPSA) is 55.6 Å². The third-order valence-electron chi connectivity index (χ3n) is 4.69. The van der Waals surface area contributed by atoms with Crippen LogP contribution in [0.3, 0.4) is 0 Å². The Morgan fingerprint density at radius 3 is 2.00 bits per heavy atom. The summed E-state index contributed by atoms with van der Waals surface area (Å²) in [4.78, 5) is 13.5. The van der Waals surface area contributed by atoms with Crippen LogP contribution in [0, 0.1) is 0 Å². The average molecular weight is 369 g/mol. The Morgan fingerprint density at radius 1 is 0.885 bits per heavy atom. The lowest BCUT2D eigenvalue weighted by atomic mass is 10.1. The number of nitrogens with two attached hydrogens (primary N) is 1. The number of ether oxygens (including phenoxy) is 1. The molecule has 0 aromatic rings. The van der Waals surface area contributed by atoms with Crippen LogP contribution in [0.1, 0.15) is 96.8 Å². The zero-order chi connectivity index (χ0) is 19.3. The lowest BCUT2D eigenvalue weighted by Gasteiger charge is -2.13. The first kappa shape index (κ1) is 25.1. The minimum Gasteiger partial charge on any atom is -0.464 e. The van der Waals surface area contributed by atoms with E-state index in [1.807, 2.05) is 11.9 Å². The van der Waals surface area contributed by atoms with Gasteiger partial charge in [-0.05, 0) is 39.2 Å². The highest BCUT2D eigenvalue weighted by molar-refractivity contribution is 5.69. The minimum atomic E-state index is -0.0759. The van der Waals surface area contributed by atoms with Gasteiger partial charge in [0.2, 0.25) is 0 Å². The van der Waals surface area contributed by atoms with Crippen molar-refractivity contribution >= 4 is 5.97 Å². The van der Waals surface area contributed by atoms with Crippen LogP contribution in [0.5, 0.6) is 0 Å². The van der Waals surface area contributed by atoms with E-state index >= 15 is 0 Å². The molecule has 0 aliphatic heterocycles. The number of hydrogen-bond donors (Lipinski definition) is 1. The van der Waals surface area contributed by atoms with E-state index in [-0.39, 0.29) is 5.97 Å². The van der Waals surface area contributed by atoms with Crippen LogP contribution >= 0.6 is 0 Å². The second-order valence-electron chi connectivity index (χ2n) is 7.32. The van der Waals surface area contributed by atoms with Crippen LogP contribution < -0.4 is 5.73 Å². The molecule has 0 aromatic carbocycles. The van der Waals surface area contributed by atoms with Crippen molar-refractivity contribution in [1.29, 1.82) is 0 Å². The summed E-state index contributed by atoms with van der Waals surface area (Å²) in [5, 5.41) is 0. The smallest absolute Gasteiger partial charge is 0.305 e. The number of hydrogen-bond acceptors (Lipinski definition) is 4. The van der Waals surface area contributed by atoms with Crippen LogP contribution in [-0.4, -0.2) is 37.7 Å². The van der Waals surface area contributed by atoms with Gasteiger partial charge in [-0.25, -0.2) is 0 Å². The van der Waals surface area contributed by atoms with Gasteiger partial charge >= 0.3 is 5.97 Å². The molecule has 0 spiro atoms. The molecule has 0 aliphatic carbocycles. The van der Waals surface area contributed by atoms with E-state index in [4.69, 9.17) is 10.5 Å². The van der Waals surface area contributed by atoms with Gasteiger partial charge in [-0.1, -0.05) is 70.4 Å². The number of nitrogens with zero attached hydrogens (tertiary/aromatic N) is 1. The van der Waals surface area contributed by atoms with Crippen LogP contribution in [-0.2, 0) is 9.53 Å². The van der Waals surface area contributed by atoms with Crippen molar-refractivity contribution in [3.63, 3.8) is 0 Å². The summed E-state index contributed by atoms with van der Waals surface area (Å²) < 4.78 is 5.19. The van der Waals surface area contributed by atoms with Gasteiger partial charge in [-0.15, -0.1) is 0 Å². The van der Waals surface area contributed by atoms with Gasteiger partial charge in [0.25, 0.3) is 0 Å². The zero-order valence-corrected chi connectivity index (χ0v) is 17.5. The van der Waals surface area contributed by atoms with Crippen LogP contribution in [0.4, 0.5) is 0 Å². The number of carbonyl (C=O) groups excluding carboxylic acids is 1. The Labute approximate surface area is 162 Å². The molecule has 0 unspecified atom stereocenters. The van der Waals surface area contributed by atoms with Gasteiger partial charge in [-0.3, -0.25) is 9.69 Å². The molecule has 154 valence electrons. The molecule has 4 heteroatoms. The monoisotopic (exact) mass is 368 g/mol. The molecule has 26 heavy (non-hydrogen) atoms. The normalized spacial score (nSPS) is 11.5. The van der Waals surface area contributed by atoms with E-state index in [0.717, 1.165) is 12.8 Å². The second kappa shape index (κ2) is 20.4. The first-order valence-electron chi connectivity index (χ1n) is 10.9. The lowest BCUT2D eigenvalue weighted by Crippen LogP contribution is -2.29. The number of unbranched alkanes of at least 4 members (excludes halogenated alkanes) is 11. The fourth-order valence-corrected chi connectivity index (χ4v) is 2.82. The predicted molar refractivity (Wildman–Crippen MR) is 112 cm³/mol. The molecular formula is C22H44N2O2. The molecule has 0 saturated heterocycles. The summed E-state index contributed by atoms with van der Waals surface area (Å²) in [5.41, 5.74) is 5.47. The van der Waals surface area contributed by atoms with Crippen molar-refractivity contribution in [3.05, 3.63) is 12.2 Å². The SMILES string of the molecule is CCCCCCCC/C=C\CCCCCCCC(=O)OCCN(C)CN. The van der Waals surface area contributed by atoms with Gasteiger partial charge in [0.05, 0.1) is 0 Å². The maximum Gasteiger partial charge on any atom is 0.305 e. The van der Waals surface area contributed by atoms with Crippen LogP contribution in [0.2, 0.25) is 0 Å². The van der Waals surface area contributed by atoms with Gasteiger partial charge in [0.15, 0.2) is 0 Å². The summed E-state index contributed by atoms with van der Waals surface area (Å²) in [5.74, 6) is -0.0759.